The Labute approximate surface area is 162 Å². The first kappa shape index (κ1) is 18.5. The lowest BCUT2D eigenvalue weighted by atomic mass is 10.0. The highest BCUT2D eigenvalue weighted by molar-refractivity contribution is 6.16. The van der Waals surface area contributed by atoms with E-state index in [0.717, 1.165) is 18.2 Å². The van der Waals surface area contributed by atoms with E-state index in [1.54, 1.807) is 12.1 Å². The summed E-state index contributed by atoms with van der Waals surface area (Å²) >= 11 is 0. The number of aromatic amines is 1. The first-order valence-electron chi connectivity index (χ1n) is 8.57. The van der Waals surface area contributed by atoms with Gasteiger partial charge in [0, 0.05) is 34.6 Å². The fourth-order valence-electron chi connectivity index (χ4n) is 2.98. The minimum absolute atomic E-state index is 0.0887. The fourth-order valence-corrected chi connectivity index (χ4v) is 2.98. The summed E-state index contributed by atoms with van der Waals surface area (Å²) in [5.74, 6) is -3.82. The van der Waals surface area contributed by atoms with Crippen LogP contribution in [0.4, 0.5) is 18.9 Å². The maximum atomic E-state index is 14.9. The number of nitrogens with zero attached hydrogens (tertiary/aromatic N) is 1. The van der Waals surface area contributed by atoms with Gasteiger partial charge in [-0.05, 0) is 36.4 Å². The van der Waals surface area contributed by atoms with Crippen LogP contribution in [-0.2, 0) is 6.61 Å². The molecule has 0 spiro atoms. The highest BCUT2D eigenvalue weighted by atomic mass is 19.1. The van der Waals surface area contributed by atoms with Crippen LogP contribution in [0.1, 0.15) is 21.5 Å². The first-order chi connectivity index (χ1) is 14.0. The number of nitrogens with two attached hydrogens (primary N) is 1. The van der Waals surface area contributed by atoms with Crippen LogP contribution in [0, 0.1) is 17.5 Å². The predicted molar refractivity (Wildman–Crippen MR) is 101 cm³/mol. The number of nitrogen functional groups attached to an aromatic ring is 1. The third-order valence-corrected chi connectivity index (χ3v) is 4.47. The summed E-state index contributed by atoms with van der Waals surface area (Å²) in [5, 5.41) is 0.446. The van der Waals surface area contributed by atoms with Gasteiger partial charge in [-0.25, -0.2) is 18.2 Å². The normalized spacial score (nSPS) is 11.0. The molecule has 0 aliphatic heterocycles. The molecule has 0 atom stereocenters. The zero-order chi connectivity index (χ0) is 20.5. The SMILES string of the molecule is Nc1cc(F)ccc1COc1ccc(F)c(C(=O)c2c[nH]c3ncccc23)c1F. The molecule has 5 nitrogen and oxygen atoms in total. The number of ketones is 1. The maximum absolute atomic E-state index is 14.9. The average molecular weight is 397 g/mol. The number of halogens is 3. The van der Waals surface area contributed by atoms with Crippen LogP contribution in [0.25, 0.3) is 11.0 Å². The van der Waals surface area contributed by atoms with Crippen molar-refractivity contribution in [2.24, 2.45) is 0 Å². The van der Waals surface area contributed by atoms with Crippen molar-refractivity contribution in [3.63, 3.8) is 0 Å². The number of aromatic nitrogens is 2. The Balaban J connectivity index is 1.67. The Morgan fingerprint density at radius 2 is 1.97 bits per heavy atom. The van der Waals surface area contributed by atoms with Crippen molar-refractivity contribution in [1.29, 1.82) is 0 Å². The first-order valence-corrected chi connectivity index (χ1v) is 8.57. The Morgan fingerprint density at radius 3 is 2.76 bits per heavy atom. The minimum atomic E-state index is -1.13. The van der Waals surface area contributed by atoms with Crippen molar-refractivity contribution in [3.8, 4) is 5.75 Å². The second kappa shape index (κ2) is 7.31. The van der Waals surface area contributed by atoms with E-state index < -0.39 is 28.8 Å². The Bertz CT molecular complexity index is 1240. The molecule has 8 heteroatoms. The largest absolute Gasteiger partial charge is 0.486 e. The summed E-state index contributed by atoms with van der Waals surface area (Å²) in [6.45, 7) is -0.181. The van der Waals surface area contributed by atoms with E-state index in [4.69, 9.17) is 10.5 Å². The zero-order valence-electron chi connectivity index (χ0n) is 14.9. The van der Waals surface area contributed by atoms with Crippen LogP contribution in [0.15, 0.2) is 54.9 Å². The highest BCUT2D eigenvalue weighted by Crippen LogP contribution is 2.28. The number of hydrogen-bond acceptors (Lipinski definition) is 4. The van der Waals surface area contributed by atoms with Gasteiger partial charge in [0.2, 0.25) is 5.78 Å². The highest BCUT2D eigenvalue weighted by Gasteiger charge is 2.25. The molecule has 3 N–H and O–H groups in total. The molecule has 146 valence electrons. The van der Waals surface area contributed by atoms with E-state index in [2.05, 4.69) is 9.97 Å². The zero-order valence-corrected chi connectivity index (χ0v) is 14.9. The van der Waals surface area contributed by atoms with Gasteiger partial charge >= 0.3 is 0 Å². The second-order valence-corrected chi connectivity index (χ2v) is 6.30. The fraction of sp³-hybridized carbons (Fsp3) is 0.0476. The molecule has 0 saturated heterocycles. The molecule has 0 fully saturated rings. The summed E-state index contributed by atoms with van der Waals surface area (Å²) < 4.78 is 47.8. The molecule has 0 bridgehead atoms. The number of H-pyrrole nitrogens is 1. The van der Waals surface area contributed by atoms with Crippen molar-refractivity contribution in [2.75, 3.05) is 5.73 Å². The van der Waals surface area contributed by atoms with Crippen LogP contribution in [0.2, 0.25) is 0 Å². The summed E-state index contributed by atoms with van der Waals surface area (Å²) in [4.78, 5) is 19.7. The van der Waals surface area contributed by atoms with Crippen molar-refractivity contribution in [2.45, 2.75) is 6.61 Å². The van der Waals surface area contributed by atoms with Crippen molar-refractivity contribution >= 4 is 22.5 Å². The standard InChI is InChI=1S/C21H14F3N3O2/c22-12-4-3-11(16(25)8-12)10-29-17-6-5-15(23)18(19(17)24)20(28)14-9-27-21-13(14)2-1-7-26-21/h1-9H,10,25H2,(H,26,27). The minimum Gasteiger partial charge on any atom is -0.486 e. The Morgan fingerprint density at radius 1 is 1.14 bits per heavy atom. The number of benzene rings is 2. The molecule has 2 aromatic carbocycles. The molecule has 0 aliphatic rings. The van der Waals surface area contributed by atoms with E-state index in [1.807, 2.05) is 0 Å². The molecule has 29 heavy (non-hydrogen) atoms. The Kier molecular flexibility index (Phi) is 4.67. The van der Waals surface area contributed by atoms with Gasteiger partial charge in [-0.3, -0.25) is 4.79 Å². The molecule has 0 saturated carbocycles. The molecule has 4 rings (SSSR count). The summed E-state index contributed by atoms with van der Waals surface area (Å²) in [5.41, 5.74) is 6.04. The molecule has 0 radical (unpaired) electrons. The number of pyridine rings is 1. The van der Waals surface area contributed by atoms with Gasteiger partial charge < -0.3 is 15.5 Å². The number of ether oxygens (including phenoxy) is 1. The topological polar surface area (TPSA) is 81.0 Å². The maximum Gasteiger partial charge on any atom is 0.201 e. The lowest BCUT2D eigenvalue weighted by Crippen LogP contribution is -2.10. The summed E-state index contributed by atoms with van der Waals surface area (Å²) in [7, 11) is 0. The Hall–Kier alpha value is -3.81. The third-order valence-electron chi connectivity index (χ3n) is 4.47. The third kappa shape index (κ3) is 3.40. The van der Waals surface area contributed by atoms with Gasteiger partial charge in [-0.15, -0.1) is 0 Å². The van der Waals surface area contributed by atoms with E-state index in [-0.39, 0.29) is 23.6 Å². The average Bonchev–Trinajstić information content (AvgIpc) is 3.13. The predicted octanol–water partition coefficient (Wildman–Crippen LogP) is 4.37. The number of rotatable bonds is 5. The number of fused-ring (bicyclic) bond motifs is 1. The van der Waals surface area contributed by atoms with Gasteiger partial charge in [0.05, 0.1) is 5.56 Å². The molecule has 4 aromatic rings. The number of hydrogen-bond donors (Lipinski definition) is 2. The molecule has 0 amide bonds. The van der Waals surface area contributed by atoms with Crippen molar-refractivity contribution < 1.29 is 22.7 Å². The van der Waals surface area contributed by atoms with Crippen LogP contribution in [-0.4, -0.2) is 15.8 Å². The quantitative estimate of drug-likeness (QED) is 0.387. The van der Waals surface area contributed by atoms with Crippen LogP contribution in [0.5, 0.6) is 5.75 Å². The molecule has 2 aromatic heterocycles. The van der Waals surface area contributed by atoms with Crippen LogP contribution < -0.4 is 10.5 Å². The van der Waals surface area contributed by atoms with Gasteiger partial charge in [-0.1, -0.05) is 6.07 Å². The van der Waals surface area contributed by atoms with E-state index in [0.29, 0.717) is 16.6 Å². The number of nitrogens with one attached hydrogen (secondary N) is 1. The number of carbonyl (C=O) groups excluding carboxylic acids is 1. The molecule has 0 unspecified atom stereocenters. The monoisotopic (exact) mass is 397 g/mol. The van der Waals surface area contributed by atoms with E-state index in [9.17, 15) is 18.0 Å². The van der Waals surface area contributed by atoms with Crippen LogP contribution in [0.3, 0.4) is 0 Å². The summed E-state index contributed by atoms with van der Waals surface area (Å²) in [6, 6.07) is 8.98. The second-order valence-electron chi connectivity index (χ2n) is 6.30. The molecular formula is C21H14F3N3O2. The number of carbonyl (C=O) groups is 1. The smallest absolute Gasteiger partial charge is 0.201 e. The van der Waals surface area contributed by atoms with Crippen molar-refractivity contribution in [3.05, 3.63) is 89.0 Å². The van der Waals surface area contributed by atoms with Gasteiger partial charge in [-0.2, -0.15) is 0 Å². The van der Waals surface area contributed by atoms with Gasteiger partial charge in [0.25, 0.3) is 0 Å². The van der Waals surface area contributed by atoms with Crippen LogP contribution >= 0.6 is 0 Å². The summed E-state index contributed by atoms with van der Waals surface area (Å²) in [6.07, 6.45) is 2.88. The molecule has 2 heterocycles. The lowest BCUT2D eigenvalue weighted by Gasteiger charge is -2.12. The molecule has 0 aliphatic carbocycles. The number of anilines is 1. The van der Waals surface area contributed by atoms with E-state index >= 15 is 0 Å². The molecular weight excluding hydrogens is 383 g/mol. The van der Waals surface area contributed by atoms with Gasteiger partial charge in [0.1, 0.15) is 23.9 Å². The van der Waals surface area contributed by atoms with Crippen molar-refractivity contribution in [1.82, 2.24) is 9.97 Å². The van der Waals surface area contributed by atoms with E-state index in [1.165, 1.54) is 24.5 Å². The van der Waals surface area contributed by atoms with Gasteiger partial charge in [0.15, 0.2) is 11.6 Å². The lowest BCUT2D eigenvalue weighted by molar-refractivity contribution is 0.103.